The quantitative estimate of drug-likeness (QED) is 0.908. The van der Waals surface area contributed by atoms with E-state index in [-0.39, 0.29) is 11.5 Å². The number of benzene rings is 1. The first-order chi connectivity index (χ1) is 10.1. The number of carboxylic acids is 1. The van der Waals surface area contributed by atoms with E-state index in [0.29, 0.717) is 22.0 Å². The van der Waals surface area contributed by atoms with Crippen molar-refractivity contribution in [3.05, 3.63) is 45.4 Å². The molecule has 5 nitrogen and oxygen atoms in total. The molecule has 0 saturated heterocycles. The molecule has 2 N–H and O–H groups in total. The number of carbonyl (C=O) groups excluding carboxylic acids is 1. The first-order valence-corrected chi connectivity index (χ1v) is 7.48. The Morgan fingerprint density at radius 2 is 2.14 bits per heavy atom. The van der Waals surface area contributed by atoms with E-state index in [9.17, 15) is 9.59 Å². The van der Waals surface area contributed by atoms with Crippen molar-refractivity contribution >= 4 is 28.9 Å². The number of thiazole rings is 1. The Kier molecular flexibility index (Phi) is 3.47. The van der Waals surface area contributed by atoms with E-state index in [1.165, 1.54) is 17.4 Å². The molecule has 1 heterocycles. The van der Waals surface area contributed by atoms with Crippen LogP contribution in [0.1, 0.15) is 49.4 Å². The second kappa shape index (κ2) is 5.29. The molecule has 1 fully saturated rings. The van der Waals surface area contributed by atoms with E-state index in [1.54, 1.807) is 25.3 Å². The van der Waals surface area contributed by atoms with Gasteiger partial charge in [-0.15, -0.1) is 11.3 Å². The summed E-state index contributed by atoms with van der Waals surface area (Å²) in [6.45, 7) is 1.68. The molecular weight excluding hydrogens is 288 g/mol. The van der Waals surface area contributed by atoms with Crippen LogP contribution in [0, 0.1) is 6.92 Å². The van der Waals surface area contributed by atoms with Crippen molar-refractivity contribution in [1.29, 1.82) is 0 Å². The second-order valence-electron chi connectivity index (χ2n) is 5.07. The van der Waals surface area contributed by atoms with Gasteiger partial charge in [0.25, 0.3) is 5.91 Å². The van der Waals surface area contributed by atoms with Crippen LogP contribution in [0.3, 0.4) is 0 Å². The molecule has 6 heteroatoms. The lowest BCUT2D eigenvalue weighted by Crippen LogP contribution is -2.12. The Hall–Kier alpha value is -2.21. The number of carboxylic acid groups (broad SMARTS) is 1. The number of nitrogens with one attached hydrogen (secondary N) is 1. The molecule has 0 bridgehead atoms. The summed E-state index contributed by atoms with van der Waals surface area (Å²) in [5, 5.41) is 12.9. The normalized spacial score (nSPS) is 14.0. The summed E-state index contributed by atoms with van der Waals surface area (Å²) in [6, 6.07) is 4.84. The van der Waals surface area contributed by atoms with E-state index in [1.807, 2.05) is 0 Å². The minimum absolute atomic E-state index is 0.191. The summed E-state index contributed by atoms with van der Waals surface area (Å²) in [4.78, 5) is 28.1. The molecule has 1 aromatic heterocycles. The second-order valence-corrected chi connectivity index (χ2v) is 6.14. The monoisotopic (exact) mass is 302 g/mol. The molecule has 21 heavy (non-hydrogen) atoms. The van der Waals surface area contributed by atoms with Gasteiger partial charge in [-0.3, -0.25) is 4.79 Å². The van der Waals surface area contributed by atoms with Gasteiger partial charge < -0.3 is 10.4 Å². The minimum Gasteiger partial charge on any atom is -0.478 e. The molecule has 0 atom stereocenters. The smallest absolute Gasteiger partial charge is 0.336 e. The average Bonchev–Trinajstić information content (AvgIpc) is 3.18. The van der Waals surface area contributed by atoms with E-state index in [2.05, 4.69) is 10.3 Å². The van der Waals surface area contributed by atoms with Crippen molar-refractivity contribution in [2.75, 3.05) is 5.32 Å². The first kappa shape index (κ1) is 13.8. The standard InChI is InChI=1S/C15H14N2O3S/c1-8-10(15(19)20)3-2-4-11(8)17-13(18)12-7-16-14(21-12)9-5-6-9/h2-4,7,9H,5-6H2,1H3,(H,17,18)(H,19,20). The summed E-state index contributed by atoms with van der Waals surface area (Å²) >= 11 is 1.41. The predicted molar refractivity (Wildman–Crippen MR) is 80.2 cm³/mol. The maximum Gasteiger partial charge on any atom is 0.336 e. The molecule has 108 valence electrons. The number of aromatic nitrogens is 1. The molecule has 0 spiro atoms. The molecule has 3 rings (SSSR count). The summed E-state index contributed by atoms with van der Waals surface area (Å²) in [7, 11) is 0. The van der Waals surface area contributed by atoms with Crippen LogP contribution in [0.25, 0.3) is 0 Å². The maximum atomic E-state index is 12.2. The number of carbonyl (C=O) groups is 2. The highest BCUT2D eigenvalue weighted by atomic mass is 32.1. The lowest BCUT2D eigenvalue weighted by Gasteiger charge is -2.09. The molecule has 0 aliphatic heterocycles. The Balaban J connectivity index is 1.80. The minimum atomic E-state index is -1.00. The molecule has 1 aliphatic carbocycles. The fourth-order valence-electron chi connectivity index (χ4n) is 2.10. The van der Waals surface area contributed by atoms with Gasteiger partial charge in [-0.05, 0) is 37.5 Å². The van der Waals surface area contributed by atoms with Crippen molar-refractivity contribution < 1.29 is 14.7 Å². The van der Waals surface area contributed by atoms with E-state index < -0.39 is 5.97 Å². The number of nitrogens with zero attached hydrogens (tertiary/aromatic N) is 1. The molecule has 1 aliphatic rings. The topological polar surface area (TPSA) is 79.3 Å². The SMILES string of the molecule is Cc1c(NC(=O)c2cnc(C3CC3)s2)cccc1C(=O)O. The molecule has 0 unspecified atom stereocenters. The summed E-state index contributed by atoms with van der Waals surface area (Å²) in [5.41, 5.74) is 1.25. The number of rotatable bonds is 4. The van der Waals surface area contributed by atoms with Gasteiger partial charge in [-0.2, -0.15) is 0 Å². The van der Waals surface area contributed by atoms with Gasteiger partial charge in [0.15, 0.2) is 0 Å². The zero-order chi connectivity index (χ0) is 15.0. The molecule has 1 saturated carbocycles. The third-order valence-electron chi connectivity index (χ3n) is 3.49. The molecule has 1 amide bonds. The number of aromatic carboxylic acids is 1. The van der Waals surface area contributed by atoms with Crippen molar-refractivity contribution in [2.45, 2.75) is 25.7 Å². The lowest BCUT2D eigenvalue weighted by molar-refractivity contribution is 0.0695. The van der Waals surface area contributed by atoms with Crippen LogP contribution in [0.4, 0.5) is 5.69 Å². The van der Waals surface area contributed by atoms with Gasteiger partial charge in [0.05, 0.1) is 16.8 Å². The van der Waals surface area contributed by atoms with Crippen molar-refractivity contribution in [3.8, 4) is 0 Å². The van der Waals surface area contributed by atoms with Gasteiger partial charge in [-0.1, -0.05) is 6.07 Å². The fraction of sp³-hybridized carbons (Fsp3) is 0.267. The Labute approximate surface area is 125 Å². The van der Waals surface area contributed by atoms with Crippen LogP contribution in [0.2, 0.25) is 0 Å². The zero-order valence-corrected chi connectivity index (χ0v) is 12.2. The van der Waals surface area contributed by atoms with Gasteiger partial charge in [0, 0.05) is 11.6 Å². The highest BCUT2D eigenvalue weighted by molar-refractivity contribution is 7.13. The Morgan fingerprint density at radius 1 is 1.38 bits per heavy atom. The number of anilines is 1. The van der Waals surface area contributed by atoms with Crippen molar-refractivity contribution in [2.24, 2.45) is 0 Å². The van der Waals surface area contributed by atoms with Crippen LogP contribution in [0.5, 0.6) is 0 Å². The molecule has 1 aromatic carbocycles. The third kappa shape index (κ3) is 2.80. The molecule has 0 radical (unpaired) electrons. The van der Waals surface area contributed by atoms with E-state index in [4.69, 9.17) is 5.11 Å². The van der Waals surface area contributed by atoms with Gasteiger partial charge >= 0.3 is 5.97 Å². The van der Waals surface area contributed by atoms with Crippen LogP contribution < -0.4 is 5.32 Å². The molecule has 2 aromatic rings. The van der Waals surface area contributed by atoms with Crippen molar-refractivity contribution in [3.63, 3.8) is 0 Å². The van der Waals surface area contributed by atoms with Crippen LogP contribution in [-0.2, 0) is 0 Å². The first-order valence-electron chi connectivity index (χ1n) is 6.66. The molecular formula is C15H14N2O3S. The number of amides is 1. The van der Waals surface area contributed by atoms with Crippen LogP contribution >= 0.6 is 11.3 Å². The predicted octanol–water partition coefficient (Wildman–Crippen LogP) is 3.28. The van der Waals surface area contributed by atoms with Gasteiger partial charge in [0.2, 0.25) is 0 Å². The third-order valence-corrected chi connectivity index (χ3v) is 4.64. The Bertz CT molecular complexity index is 719. The highest BCUT2D eigenvalue weighted by Crippen LogP contribution is 2.41. The Morgan fingerprint density at radius 3 is 2.81 bits per heavy atom. The maximum absolute atomic E-state index is 12.2. The summed E-state index contributed by atoms with van der Waals surface area (Å²) in [5.74, 6) is -0.726. The van der Waals surface area contributed by atoms with Crippen molar-refractivity contribution in [1.82, 2.24) is 4.98 Å². The van der Waals surface area contributed by atoms with E-state index in [0.717, 1.165) is 17.8 Å². The lowest BCUT2D eigenvalue weighted by atomic mass is 10.1. The van der Waals surface area contributed by atoms with Crippen LogP contribution in [0.15, 0.2) is 24.4 Å². The number of hydrogen-bond acceptors (Lipinski definition) is 4. The summed E-state index contributed by atoms with van der Waals surface area (Å²) in [6.07, 6.45) is 3.88. The van der Waals surface area contributed by atoms with E-state index >= 15 is 0 Å². The zero-order valence-electron chi connectivity index (χ0n) is 11.4. The number of hydrogen-bond donors (Lipinski definition) is 2. The van der Waals surface area contributed by atoms with Gasteiger partial charge in [-0.25, -0.2) is 9.78 Å². The largest absolute Gasteiger partial charge is 0.478 e. The summed E-state index contributed by atoms with van der Waals surface area (Å²) < 4.78 is 0. The fourth-order valence-corrected chi connectivity index (χ4v) is 3.08. The van der Waals surface area contributed by atoms with Gasteiger partial charge in [0.1, 0.15) is 4.88 Å². The average molecular weight is 302 g/mol. The van der Waals surface area contributed by atoms with Crippen LogP contribution in [-0.4, -0.2) is 22.0 Å². The highest BCUT2D eigenvalue weighted by Gasteiger charge is 2.27.